The van der Waals surface area contributed by atoms with Gasteiger partial charge < -0.3 is 5.21 Å². The highest BCUT2D eigenvalue weighted by molar-refractivity contribution is 8.01. The fraction of sp³-hybridized carbons (Fsp3) is 0.375. The zero-order valence-electron chi connectivity index (χ0n) is 7.76. The lowest BCUT2D eigenvalue weighted by Gasteiger charge is -2.13. The summed E-state index contributed by atoms with van der Waals surface area (Å²) in [5.74, 6) is 0.329. The minimum Gasteiger partial charge on any atom is -0.409 e. The Kier molecular flexibility index (Phi) is 1.88. The third-order valence-corrected chi connectivity index (χ3v) is 3.17. The average Bonchev–Trinajstić information content (AvgIpc) is 2.36. The molecule has 0 amide bonds. The van der Waals surface area contributed by atoms with Crippen LogP contribution in [0.15, 0.2) is 27.4 Å². The second-order valence-electron chi connectivity index (χ2n) is 3.44. The Bertz CT molecular complexity index is 464. The van der Waals surface area contributed by atoms with E-state index in [-0.39, 0.29) is 5.56 Å². The fourth-order valence-corrected chi connectivity index (χ4v) is 2.43. The Labute approximate surface area is 84.5 Å². The Hall–Kier alpha value is -1.30. The summed E-state index contributed by atoms with van der Waals surface area (Å²) in [6.07, 6.45) is 1.46. The maximum absolute atomic E-state index is 11.5. The molecule has 2 rings (SSSR count). The summed E-state index contributed by atoms with van der Waals surface area (Å²) in [6.45, 7) is 3.75. The third-order valence-electron chi connectivity index (χ3n) is 2.01. The SMILES string of the molecule is CC1(C)Sc2nccc(=O)n2C1=NO. The Balaban J connectivity index is 2.73. The van der Waals surface area contributed by atoms with Crippen LogP contribution < -0.4 is 5.56 Å². The minimum absolute atomic E-state index is 0.221. The maximum atomic E-state index is 11.5. The molecule has 0 radical (unpaired) electrons. The topological polar surface area (TPSA) is 67.5 Å². The molecule has 0 fully saturated rings. The first-order chi connectivity index (χ1) is 6.56. The van der Waals surface area contributed by atoms with Crippen LogP contribution in [0.5, 0.6) is 0 Å². The molecule has 0 atom stereocenters. The zero-order chi connectivity index (χ0) is 10.3. The van der Waals surface area contributed by atoms with Crippen LogP contribution in [0.25, 0.3) is 0 Å². The number of nitrogens with zero attached hydrogens (tertiary/aromatic N) is 3. The van der Waals surface area contributed by atoms with E-state index in [1.54, 1.807) is 0 Å². The van der Waals surface area contributed by atoms with Crippen molar-refractivity contribution in [1.82, 2.24) is 9.55 Å². The number of thioether (sulfide) groups is 1. The van der Waals surface area contributed by atoms with E-state index in [1.807, 2.05) is 13.8 Å². The predicted molar refractivity (Wildman–Crippen MR) is 53.1 cm³/mol. The monoisotopic (exact) mass is 211 g/mol. The molecule has 2 heterocycles. The van der Waals surface area contributed by atoms with Crippen LogP contribution in [0.1, 0.15) is 13.8 Å². The first kappa shape index (κ1) is 9.26. The average molecular weight is 211 g/mol. The van der Waals surface area contributed by atoms with E-state index in [2.05, 4.69) is 10.1 Å². The maximum Gasteiger partial charge on any atom is 0.259 e. The van der Waals surface area contributed by atoms with Gasteiger partial charge in [-0.05, 0) is 13.8 Å². The number of aromatic nitrogens is 2. The van der Waals surface area contributed by atoms with Gasteiger partial charge in [0.2, 0.25) is 0 Å². The third kappa shape index (κ3) is 1.14. The number of hydrogen-bond acceptors (Lipinski definition) is 5. The lowest BCUT2D eigenvalue weighted by Crippen LogP contribution is -2.34. The quantitative estimate of drug-likeness (QED) is 0.391. The molecule has 14 heavy (non-hydrogen) atoms. The number of rotatable bonds is 0. The van der Waals surface area contributed by atoms with Gasteiger partial charge in [-0.2, -0.15) is 0 Å². The lowest BCUT2D eigenvalue weighted by atomic mass is 10.2. The van der Waals surface area contributed by atoms with Gasteiger partial charge in [-0.1, -0.05) is 16.9 Å². The highest BCUT2D eigenvalue weighted by Crippen LogP contribution is 2.38. The van der Waals surface area contributed by atoms with Crippen molar-refractivity contribution in [3.05, 3.63) is 22.6 Å². The van der Waals surface area contributed by atoms with E-state index < -0.39 is 4.75 Å². The Morgan fingerprint density at radius 3 is 3.00 bits per heavy atom. The number of fused-ring (bicyclic) bond motifs is 1. The van der Waals surface area contributed by atoms with Crippen molar-refractivity contribution in [2.45, 2.75) is 23.8 Å². The number of oxime groups is 1. The standard InChI is InChI=1S/C8H9N3O2S/c1-8(2)6(10-13)11-5(12)3-4-9-7(11)14-8/h3-4,13H,1-2H3. The van der Waals surface area contributed by atoms with Crippen molar-refractivity contribution >= 4 is 17.6 Å². The Morgan fingerprint density at radius 1 is 1.64 bits per heavy atom. The van der Waals surface area contributed by atoms with E-state index in [9.17, 15) is 4.79 Å². The van der Waals surface area contributed by atoms with Crippen molar-refractivity contribution in [3.63, 3.8) is 0 Å². The molecule has 0 aliphatic carbocycles. The lowest BCUT2D eigenvalue weighted by molar-refractivity contribution is 0.314. The highest BCUT2D eigenvalue weighted by atomic mass is 32.2. The van der Waals surface area contributed by atoms with Crippen LogP contribution in [0, 0.1) is 0 Å². The van der Waals surface area contributed by atoms with Gasteiger partial charge in [0.25, 0.3) is 5.56 Å². The molecule has 1 N–H and O–H groups in total. The summed E-state index contributed by atoms with van der Waals surface area (Å²) in [7, 11) is 0. The van der Waals surface area contributed by atoms with Gasteiger partial charge in [0, 0.05) is 12.3 Å². The minimum atomic E-state index is -0.421. The molecule has 0 aromatic carbocycles. The van der Waals surface area contributed by atoms with Crippen molar-refractivity contribution in [1.29, 1.82) is 0 Å². The summed E-state index contributed by atoms with van der Waals surface area (Å²) in [5, 5.41) is 12.6. The first-order valence-corrected chi connectivity index (χ1v) is 4.88. The van der Waals surface area contributed by atoms with Gasteiger partial charge in [-0.3, -0.25) is 4.79 Å². The van der Waals surface area contributed by atoms with Crippen LogP contribution in [0.3, 0.4) is 0 Å². The van der Waals surface area contributed by atoms with Crippen LogP contribution in [-0.2, 0) is 0 Å². The van der Waals surface area contributed by atoms with Crippen LogP contribution >= 0.6 is 11.8 Å². The van der Waals surface area contributed by atoms with Gasteiger partial charge >= 0.3 is 0 Å². The molecule has 5 nitrogen and oxygen atoms in total. The smallest absolute Gasteiger partial charge is 0.259 e. The zero-order valence-corrected chi connectivity index (χ0v) is 8.58. The highest BCUT2D eigenvalue weighted by Gasteiger charge is 2.38. The molecular formula is C8H9N3O2S. The first-order valence-electron chi connectivity index (χ1n) is 4.06. The second kappa shape index (κ2) is 2.84. The van der Waals surface area contributed by atoms with Crippen molar-refractivity contribution < 1.29 is 5.21 Å². The van der Waals surface area contributed by atoms with Gasteiger partial charge in [0.15, 0.2) is 11.0 Å². The van der Waals surface area contributed by atoms with E-state index in [1.165, 1.54) is 28.6 Å². The van der Waals surface area contributed by atoms with E-state index in [0.717, 1.165) is 0 Å². The van der Waals surface area contributed by atoms with E-state index in [0.29, 0.717) is 11.0 Å². The summed E-state index contributed by atoms with van der Waals surface area (Å²) in [4.78, 5) is 15.5. The predicted octanol–water partition coefficient (Wildman–Crippen LogP) is 0.763. The summed E-state index contributed by atoms with van der Waals surface area (Å²) >= 11 is 1.40. The molecule has 1 aliphatic rings. The molecule has 0 saturated carbocycles. The number of hydrogen-bond donors (Lipinski definition) is 1. The molecule has 74 valence electrons. The van der Waals surface area contributed by atoms with Gasteiger partial charge in [0.1, 0.15) is 0 Å². The van der Waals surface area contributed by atoms with Crippen LogP contribution in [0.4, 0.5) is 0 Å². The normalized spacial score (nSPS) is 21.1. The second-order valence-corrected chi connectivity index (χ2v) is 5.03. The molecule has 0 bridgehead atoms. The summed E-state index contributed by atoms with van der Waals surface area (Å²) in [6, 6.07) is 1.34. The fourth-order valence-electron chi connectivity index (χ4n) is 1.37. The van der Waals surface area contributed by atoms with Gasteiger partial charge in [0.05, 0.1) is 4.75 Å². The van der Waals surface area contributed by atoms with Crippen molar-refractivity contribution in [2.24, 2.45) is 5.16 Å². The van der Waals surface area contributed by atoms with Gasteiger partial charge in [-0.15, -0.1) is 0 Å². The van der Waals surface area contributed by atoms with Crippen LogP contribution in [-0.4, -0.2) is 25.3 Å². The molecule has 6 heteroatoms. The molecule has 1 aromatic heterocycles. The summed E-state index contributed by atoms with van der Waals surface area (Å²) in [5.41, 5.74) is -0.221. The molecular weight excluding hydrogens is 202 g/mol. The van der Waals surface area contributed by atoms with Crippen LogP contribution in [0.2, 0.25) is 0 Å². The molecule has 1 aliphatic heterocycles. The van der Waals surface area contributed by atoms with Crippen molar-refractivity contribution in [3.8, 4) is 0 Å². The van der Waals surface area contributed by atoms with E-state index >= 15 is 0 Å². The largest absolute Gasteiger partial charge is 0.409 e. The van der Waals surface area contributed by atoms with E-state index in [4.69, 9.17) is 5.21 Å². The molecule has 1 aromatic rings. The molecule has 0 unspecified atom stereocenters. The summed E-state index contributed by atoms with van der Waals surface area (Å²) < 4.78 is 0.903. The van der Waals surface area contributed by atoms with Crippen molar-refractivity contribution in [2.75, 3.05) is 0 Å². The van der Waals surface area contributed by atoms with Gasteiger partial charge in [-0.25, -0.2) is 9.55 Å². The molecule has 0 spiro atoms. The Morgan fingerprint density at radius 2 is 2.36 bits per heavy atom. The molecule has 0 saturated heterocycles.